The van der Waals surface area contributed by atoms with E-state index in [-0.39, 0.29) is 17.6 Å². The summed E-state index contributed by atoms with van der Waals surface area (Å²) in [5.41, 5.74) is 6.07. The summed E-state index contributed by atoms with van der Waals surface area (Å²) in [5, 5.41) is 4.74. The summed E-state index contributed by atoms with van der Waals surface area (Å²) in [6, 6.07) is 8.56. The van der Waals surface area contributed by atoms with Crippen LogP contribution in [0, 0.1) is 12.3 Å². The van der Waals surface area contributed by atoms with Crippen LogP contribution in [0.2, 0.25) is 0 Å². The second-order valence-corrected chi connectivity index (χ2v) is 8.97. The Balaban J connectivity index is 1.56. The fraction of sp³-hybridized carbons (Fsp3) is 0.480. The summed E-state index contributed by atoms with van der Waals surface area (Å²) in [6.45, 7) is 10.6. The minimum atomic E-state index is -0.569. The smallest absolute Gasteiger partial charge is 0.178 e. The van der Waals surface area contributed by atoms with Crippen molar-refractivity contribution in [2.45, 2.75) is 70.9 Å². The molecule has 0 N–H and O–H groups in total. The zero-order valence-electron chi connectivity index (χ0n) is 17.6. The molecule has 1 unspecified atom stereocenters. The molecule has 4 heteroatoms. The van der Waals surface area contributed by atoms with E-state index in [0.29, 0.717) is 0 Å². The summed E-state index contributed by atoms with van der Waals surface area (Å²) >= 11 is 0. The summed E-state index contributed by atoms with van der Waals surface area (Å²) in [7, 11) is 0. The van der Waals surface area contributed by atoms with Gasteiger partial charge in [0.1, 0.15) is 6.10 Å². The van der Waals surface area contributed by atoms with Crippen LogP contribution in [-0.4, -0.2) is 27.8 Å². The van der Waals surface area contributed by atoms with Crippen LogP contribution >= 0.6 is 0 Å². The number of hydrogen-bond acceptors (Lipinski definition) is 3. The van der Waals surface area contributed by atoms with Gasteiger partial charge in [-0.15, -0.1) is 6.58 Å². The van der Waals surface area contributed by atoms with Crippen molar-refractivity contribution in [3.05, 3.63) is 65.5 Å². The molecule has 3 aliphatic rings. The van der Waals surface area contributed by atoms with E-state index in [9.17, 15) is 0 Å². The molecule has 4 nitrogen and oxygen atoms in total. The highest BCUT2D eigenvalue weighted by atomic mass is 16.8. The van der Waals surface area contributed by atoms with E-state index in [2.05, 4.69) is 62.4 Å². The normalized spacial score (nSPS) is 33.3. The Morgan fingerprint density at radius 2 is 2.07 bits per heavy atom. The first-order valence-electron chi connectivity index (χ1n) is 10.8. The molecule has 1 saturated carbocycles. The van der Waals surface area contributed by atoms with Gasteiger partial charge < -0.3 is 9.47 Å². The van der Waals surface area contributed by atoms with E-state index < -0.39 is 5.79 Å². The van der Waals surface area contributed by atoms with Crippen molar-refractivity contribution in [3.8, 4) is 5.69 Å². The molecule has 2 aromatic rings. The molecule has 0 radical (unpaired) electrons. The number of nitrogens with zero attached hydrogens (tertiary/aromatic N) is 2. The Kier molecular flexibility index (Phi) is 4.34. The van der Waals surface area contributed by atoms with Gasteiger partial charge in [0.15, 0.2) is 5.79 Å². The van der Waals surface area contributed by atoms with Crippen molar-refractivity contribution < 1.29 is 9.47 Å². The lowest BCUT2D eigenvalue weighted by atomic mass is 9.62. The zero-order chi connectivity index (χ0) is 20.2. The maximum absolute atomic E-state index is 6.67. The molecule has 2 heterocycles. The molecule has 1 aromatic carbocycles. The topological polar surface area (TPSA) is 36.3 Å². The van der Waals surface area contributed by atoms with Crippen molar-refractivity contribution >= 4 is 6.08 Å². The molecule has 5 rings (SSSR count). The van der Waals surface area contributed by atoms with Crippen molar-refractivity contribution in [2.24, 2.45) is 5.41 Å². The van der Waals surface area contributed by atoms with E-state index in [0.717, 1.165) is 37.8 Å². The summed E-state index contributed by atoms with van der Waals surface area (Å²) in [6.07, 6.45) is 11.2. The number of aryl methyl sites for hydroxylation is 1. The van der Waals surface area contributed by atoms with Crippen LogP contribution in [-0.2, 0) is 15.9 Å². The predicted molar refractivity (Wildman–Crippen MR) is 115 cm³/mol. The van der Waals surface area contributed by atoms with Crippen LogP contribution in [0.1, 0.15) is 56.4 Å². The van der Waals surface area contributed by atoms with Crippen LogP contribution < -0.4 is 0 Å². The van der Waals surface area contributed by atoms with Gasteiger partial charge in [-0.1, -0.05) is 43.2 Å². The molecule has 2 fully saturated rings. The van der Waals surface area contributed by atoms with Gasteiger partial charge in [0.25, 0.3) is 0 Å². The van der Waals surface area contributed by atoms with Crippen molar-refractivity contribution in [1.29, 1.82) is 0 Å². The molecule has 0 amide bonds. The average Bonchev–Trinajstić information content (AvgIpc) is 3.29. The molecule has 0 bridgehead atoms. The maximum Gasteiger partial charge on any atom is 0.178 e. The van der Waals surface area contributed by atoms with Crippen molar-refractivity contribution in [2.75, 3.05) is 0 Å². The van der Waals surface area contributed by atoms with E-state index in [1.54, 1.807) is 0 Å². The quantitative estimate of drug-likeness (QED) is 0.660. The first-order valence-corrected chi connectivity index (χ1v) is 10.8. The van der Waals surface area contributed by atoms with Crippen molar-refractivity contribution in [3.63, 3.8) is 0 Å². The third kappa shape index (κ3) is 2.69. The van der Waals surface area contributed by atoms with Gasteiger partial charge in [0.2, 0.25) is 0 Å². The van der Waals surface area contributed by atoms with Crippen molar-refractivity contribution in [1.82, 2.24) is 9.78 Å². The van der Waals surface area contributed by atoms with Gasteiger partial charge in [-0.25, -0.2) is 4.68 Å². The Hall–Kier alpha value is -2.17. The molecular weight excluding hydrogens is 360 g/mol. The molecule has 1 aromatic heterocycles. The van der Waals surface area contributed by atoms with Gasteiger partial charge >= 0.3 is 0 Å². The largest absolute Gasteiger partial charge is 0.343 e. The Morgan fingerprint density at radius 3 is 2.76 bits per heavy atom. The fourth-order valence-electron chi connectivity index (χ4n) is 5.44. The Morgan fingerprint density at radius 1 is 1.28 bits per heavy atom. The minimum Gasteiger partial charge on any atom is -0.343 e. The lowest BCUT2D eigenvalue weighted by Crippen LogP contribution is -2.53. The molecule has 1 spiro atoms. The van der Waals surface area contributed by atoms with Gasteiger partial charge in [-0.05, 0) is 56.4 Å². The molecule has 2 aliphatic carbocycles. The third-order valence-electron chi connectivity index (χ3n) is 7.19. The Labute approximate surface area is 173 Å². The van der Waals surface area contributed by atoms with E-state index in [1.165, 1.54) is 22.4 Å². The lowest BCUT2D eigenvalue weighted by molar-refractivity contribution is -0.246. The van der Waals surface area contributed by atoms with Crippen LogP contribution in [0.5, 0.6) is 0 Å². The zero-order valence-corrected chi connectivity index (χ0v) is 17.6. The summed E-state index contributed by atoms with van der Waals surface area (Å²) in [5.74, 6) is -0.569. The summed E-state index contributed by atoms with van der Waals surface area (Å²) in [4.78, 5) is 0. The van der Waals surface area contributed by atoms with Crippen LogP contribution in [0.15, 0.2) is 48.7 Å². The highest BCUT2D eigenvalue weighted by Gasteiger charge is 2.61. The molecule has 1 saturated heterocycles. The standard InChI is InChI=1S/C25H30N2O2/c1-5-22-23(6-2)29-25(28-22)13-7-8-19-14-21-18(15-24(19,25)4)16-26-27(21)20-11-9-17(3)10-12-20/h5,9-12,14,16,22-23H,1,6-8,13,15H2,2-4H3/t22-,23-,24+,25?/m1/s1. The van der Waals surface area contributed by atoms with Crippen LogP contribution in [0.4, 0.5) is 0 Å². The van der Waals surface area contributed by atoms with Crippen LogP contribution in [0.3, 0.4) is 0 Å². The number of aromatic nitrogens is 2. The minimum absolute atomic E-state index is 0.0344. The van der Waals surface area contributed by atoms with Gasteiger partial charge in [-0.3, -0.25) is 0 Å². The molecular formula is C25H30N2O2. The van der Waals surface area contributed by atoms with Gasteiger partial charge in [0.05, 0.1) is 23.7 Å². The highest BCUT2D eigenvalue weighted by Crippen LogP contribution is 2.58. The lowest BCUT2D eigenvalue weighted by Gasteiger charge is -2.51. The number of ether oxygens (including phenoxy) is 2. The molecule has 29 heavy (non-hydrogen) atoms. The second kappa shape index (κ2) is 6.68. The van der Waals surface area contributed by atoms with Crippen LogP contribution in [0.25, 0.3) is 11.8 Å². The molecule has 152 valence electrons. The van der Waals surface area contributed by atoms with E-state index in [1.807, 2.05) is 12.3 Å². The van der Waals surface area contributed by atoms with Gasteiger partial charge in [0, 0.05) is 11.8 Å². The Bertz CT molecular complexity index is 973. The fourth-order valence-corrected chi connectivity index (χ4v) is 5.44. The highest BCUT2D eigenvalue weighted by molar-refractivity contribution is 5.62. The molecule has 4 atom stereocenters. The summed E-state index contributed by atoms with van der Waals surface area (Å²) < 4.78 is 15.4. The molecule has 1 aliphatic heterocycles. The maximum atomic E-state index is 6.67. The number of fused-ring (bicyclic) bond motifs is 3. The monoisotopic (exact) mass is 390 g/mol. The SMILES string of the molecule is C=C[C@H]1OC2(CCCC3=Cc4c(cnn4-c4ccc(C)cc4)C[C@@]32C)O[C@@H]1CC. The van der Waals surface area contributed by atoms with E-state index >= 15 is 0 Å². The first kappa shape index (κ1) is 18.8. The first-order chi connectivity index (χ1) is 14.0. The van der Waals surface area contributed by atoms with E-state index in [4.69, 9.17) is 14.6 Å². The number of benzene rings is 1. The average molecular weight is 391 g/mol. The third-order valence-corrected chi connectivity index (χ3v) is 7.19. The number of rotatable bonds is 3. The number of hydrogen-bond donors (Lipinski definition) is 0. The predicted octanol–water partition coefficient (Wildman–Crippen LogP) is 5.39. The second-order valence-electron chi connectivity index (χ2n) is 8.97. The van der Waals surface area contributed by atoms with Gasteiger partial charge in [-0.2, -0.15) is 5.10 Å².